The van der Waals surface area contributed by atoms with Crippen LogP contribution in [0.2, 0.25) is 0 Å². The van der Waals surface area contributed by atoms with Crippen molar-refractivity contribution >= 4 is 44.0 Å². The Kier molecular flexibility index (Phi) is 1.88. The third kappa shape index (κ3) is 1.18. The Labute approximate surface area is 85.9 Å². The van der Waals surface area contributed by atoms with E-state index in [0.717, 1.165) is 13.7 Å². The van der Waals surface area contributed by atoms with Crippen LogP contribution in [-0.4, -0.2) is 9.61 Å². The molecule has 2 heterocycles. The van der Waals surface area contributed by atoms with Gasteiger partial charge in [-0.1, -0.05) is 6.07 Å². The van der Waals surface area contributed by atoms with Gasteiger partial charge in [-0.15, -0.1) is 0 Å². The van der Waals surface area contributed by atoms with Crippen LogP contribution in [-0.2, 0) is 0 Å². The number of halogens is 2. The number of aromatic nitrogens is 2. The molecule has 0 fully saturated rings. The Morgan fingerprint density at radius 3 is 3.00 bits per heavy atom. The normalized spacial score (nSPS) is 10.7. The first-order chi connectivity index (χ1) is 5.29. The molecule has 0 bridgehead atoms. The van der Waals surface area contributed by atoms with Gasteiger partial charge in [0.1, 0.15) is 4.60 Å². The summed E-state index contributed by atoms with van der Waals surface area (Å²) >= 11 is 5.64. The van der Waals surface area contributed by atoms with Crippen LogP contribution in [0.1, 0.15) is 0 Å². The summed E-state index contributed by atoms with van der Waals surface area (Å²) < 4.78 is 3.92. The molecule has 56 valence electrons. The highest BCUT2D eigenvalue weighted by molar-refractivity contribution is 14.1. The highest BCUT2D eigenvalue weighted by Crippen LogP contribution is 2.21. The number of fused-ring (bicyclic) bond motifs is 1. The van der Waals surface area contributed by atoms with Crippen LogP contribution in [0.5, 0.6) is 0 Å². The molecule has 0 saturated heterocycles. The first-order valence-electron chi connectivity index (χ1n) is 3.07. The number of nitrogens with zero attached hydrogens (tertiary/aromatic N) is 2. The fraction of sp³-hybridized carbons (Fsp3) is 0. The summed E-state index contributed by atoms with van der Waals surface area (Å²) in [6.07, 6.45) is 1.93. The van der Waals surface area contributed by atoms with Gasteiger partial charge in [0.05, 0.1) is 9.09 Å². The Morgan fingerprint density at radius 1 is 1.45 bits per heavy atom. The van der Waals surface area contributed by atoms with Crippen molar-refractivity contribution in [3.8, 4) is 0 Å². The lowest BCUT2D eigenvalue weighted by Gasteiger charge is -1.88. The van der Waals surface area contributed by atoms with Gasteiger partial charge in [0.25, 0.3) is 0 Å². The van der Waals surface area contributed by atoms with E-state index in [0.29, 0.717) is 0 Å². The summed E-state index contributed by atoms with van der Waals surface area (Å²) in [6.45, 7) is 0. The number of hydrogen-bond donors (Lipinski definition) is 0. The molecule has 2 nitrogen and oxygen atoms in total. The first-order valence-corrected chi connectivity index (χ1v) is 4.94. The number of rotatable bonds is 0. The molecule has 2 rings (SSSR count). The molecule has 0 amide bonds. The van der Waals surface area contributed by atoms with E-state index >= 15 is 0 Å². The molecular formula is C7H4BrIN2. The van der Waals surface area contributed by atoms with E-state index in [1.165, 1.54) is 0 Å². The van der Waals surface area contributed by atoms with Crippen LogP contribution in [0.3, 0.4) is 0 Å². The zero-order chi connectivity index (χ0) is 7.84. The maximum atomic E-state index is 4.24. The molecule has 0 radical (unpaired) electrons. The molecule has 2 aromatic rings. The maximum Gasteiger partial charge on any atom is 0.142 e. The predicted octanol–water partition coefficient (Wildman–Crippen LogP) is 2.70. The van der Waals surface area contributed by atoms with Crippen molar-refractivity contribution in [3.05, 3.63) is 32.6 Å². The lowest BCUT2D eigenvalue weighted by atomic mass is 10.4. The van der Waals surface area contributed by atoms with Crippen LogP contribution in [0.15, 0.2) is 29.0 Å². The lowest BCUT2D eigenvalue weighted by molar-refractivity contribution is 0.947. The SMILES string of the molecule is Brc1nn2ccccc2c1I. The third-order valence-electron chi connectivity index (χ3n) is 1.44. The molecule has 11 heavy (non-hydrogen) atoms. The Balaban J connectivity index is 2.92. The van der Waals surface area contributed by atoms with Gasteiger partial charge in [-0.05, 0) is 50.7 Å². The van der Waals surface area contributed by atoms with Gasteiger partial charge in [0, 0.05) is 6.20 Å². The zero-order valence-electron chi connectivity index (χ0n) is 5.46. The second-order valence-corrected chi connectivity index (χ2v) is 3.97. The molecule has 0 aromatic carbocycles. The molecule has 0 aliphatic carbocycles. The molecule has 2 aromatic heterocycles. The second kappa shape index (κ2) is 2.75. The van der Waals surface area contributed by atoms with Crippen LogP contribution in [0, 0.1) is 3.57 Å². The Hall–Kier alpha value is -0.100. The first kappa shape index (κ1) is 7.54. The average molecular weight is 323 g/mol. The second-order valence-electron chi connectivity index (χ2n) is 2.14. The molecule has 4 heteroatoms. The maximum absolute atomic E-state index is 4.24. The fourth-order valence-electron chi connectivity index (χ4n) is 0.940. The van der Waals surface area contributed by atoms with Gasteiger partial charge >= 0.3 is 0 Å². The van der Waals surface area contributed by atoms with Gasteiger partial charge < -0.3 is 0 Å². The molecule has 0 N–H and O–H groups in total. The van der Waals surface area contributed by atoms with Crippen molar-refractivity contribution in [3.63, 3.8) is 0 Å². The summed E-state index contributed by atoms with van der Waals surface area (Å²) in [5.74, 6) is 0. The Morgan fingerprint density at radius 2 is 2.27 bits per heavy atom. The largest absolute Gasteiger partial charge is 0.239 e. The van der Waals surface area contributed by atoms with Gasteiger partial charge in [-0.2, -0.15) is 5.10 Å². The van der Waals surface area contributed by atoms with Crippen LogP contribution < -0.4 is 0 Å². The summed E-state index contributed by atoms with van der Waals surface area (Å²) in [6, 6.07) is 6.01. The standard InChI is InChI=1S/C7H4BrIN2/c8-7-6(9)5-3-1-2-4-11(5)10-7/h1-4H. The van der Waals surface area contributed by atoms with E-state index in [9.17, 15) is 0 Å². The van der Waals surface area contributed by atoms with Crippen molar-refractivity contribution in [2.45, 2.75) is 0 Å². The minimum absolute atomic E-state index is 0.907. The number of hydrogen-bond acceptors (Lipinski definition) is 1. The average Bonchev–Trinajstić information content (AvgIpc) is 2.30. The summed E-state index contributed by atoms with van der Waals surface area (Å²) in [5, 5.41) is 4.24. The molecule has 0 atom stereocenters. The Bertz CT molecular complexity index is 396. The van der Waals surface area contributed by atoms with Gasteiger partial charge in [0.15, 0.2) is 0 Å². The van der Waals surface area contributed by atoms with E-state index in [2.05, 4.69) is 43.6 Å². The zero-order valence-corrected chi connectivity index (χ0v) is 9.20. The topological polar surface area (TPSA) is 17.3 Å². The molecule has 0 aliphatic rings. The predicted molar refractivity (Wildman–Crippen MR) is 55.6 cm³/mol. The van der Waals surface area contributed by atoms with Crippen molar-refractivity contribution in [1.29, 1.82) is 0 Å². The van der Waals surface area contributed by atoms with Gasteiger partial charge in [0.2, 0.25) is 0 Å². The minimum atomic E-state index is 0.907. The number of pyridine rings is 1. The summed E-state index contributed by atoms with van der Waals surface area (Å²) in [7, 11) is 0. The molecule has 0 spiro atoms. The minimum Gasteiger partial charge on any atom is -0.239 e. The van der Waals surface area contributed by atoms with E-state index in [1.54, 1.807) is 0 Å². The monoisotopic (exact) mass is 322 g/mol. The lowest BCUT2D eigenvalue weighted by Crippen LogP contribution is -1.82. The van der Waals surface area contributed by atoms with E-state index in [-0.39, 0.29) is 0 Å². The highest BCUT2D eigenvalue weighted by Gasteiger charge is 2.04. The van der Waals surface area contributed by atoms with Crippen molar-refractivity contribution in [2.24, 2.45) is 0 Å². The van der Waals surface area contributed by atoms with E-state index < -0.39 is 0 Å². The highest BCUT2D eigenvalue weighted by atomic mass is 127. The quantitative estimate of drug-likeness (QED) is 0.682. The smallest absolute Gasteiger partial charge is 0.142 e. The summed E-state index contributed by atoms with van der Waals surface area (Å²) in [5.41, 5.74) is 1.14. The summed E-state index contributed by atoms with van der Waals surface area (Å²) in [4.78, 5) is 0. The van der Waals surface area contributed by atoms with Crippen molar-refractivity contribution in [2.75, 3.05) is 0 Å². The van der Waals surface area contributed by atoms with Crippen molar-refractivity contribution in [1.82, 2.24) is 9.61 Å². The van der Waals surface area contributed by atoms with Gasteiger partial charge in [-0.3, -0.25) is 0 Å². The van der Waals surface area contributed by atoms with Crippen LogP contribution in [0.4, 0.5) is 0 Å². The van der Waals surface area contributed by atoms with E-state index in [4.69, 9.17) is 0 Å². The fourth-order valence-corrected chi connectivity index (χ4v) is 1.85. The van der Waals surface area contributed by atoms with E-state index in [1.807, 2.05) is 28.9 Å². The molecule has 0 unspecified atom stereocenters. The van der Waals surface area contributed by atoms with Crippen LogP contribution >= 0.6 is 38.5 Å². The van der Waals surface area contributed by atoms with Gasteiger partial charge in [-0.25, -0.2) is 4.52 Å². The molecule has 0 aliphatic heterocycles. The van der Waals surface area contributed by atoms with Crippen molar-refractivity contribution < 1.29 is 0 Å². The molecular weight excluding hydrogens is 319 g/mol. The molecule has 0 saturated carbocycles. The third-order valence-corrected chi connectivity index (χ3v) is 3.80. The van der Waals surface area contributed by atoms with Crippen LogP contribution in [0.25, 0.3) is 5.52 Å².